The molecule has 0 saturated heterocycles. The fourth-order valence-electron chi connectivity index (χ4n) is 1.64. The van der Waals surface area contributed by atoms with Gasteiger partial charge in [-0.3, -0.25) is 14.6 Å². The third-order valence-electron chi connectivity index (χ3n) is 2.65. The van der Waals surface area contributed by atoms with Gasteiger partial charge >= 0.3 is 5.97 Å². The van der Waals surface area contributed by atoms with E-state index in [2.05, 4.69) is 15.3 Å². The average Bonchev–Trinajstić information content (AvgIpc) is 2.80. The van der Waals surface area contributed by atoms with Gasteiger partial charge in [0.25, 0.3) is 5.91 Å². The maximum atomic E-state index is 11.9. The van der Waals surface area contributed by atoms with Crippen LogP contribution in [0, 0.1) is 6.92 Å². The Labute approximate surface area is 126 Å². The summed E-state index contributed by atoms with van der Waals surface area (Å²) in [5, 5.41) is 4.14. The average molecular weight is 305 g/mol. The van der Waals surface area contributed by atoms with Gasteiger partial charge in [-0.15, -0.1) is 0 Å². The van der Waals surface area contributed by atoms with E-state index in [1.54, 1.807) is 12.4 Å². The van der Waals surface area contributed by atoms with E-state index in [1.165, 1.54) is 25.2 Å². The highest BCUT2D eigenvalue weighted by Crippen LogP contribution is 2.31. The second-order valence-corrected chi connectivity index (χ2v) is 5.42. The summed E-state index contributed by atoms with van der Waals surface area (Å²) in [7, 11) is 0. The molecule has 6 nitrogen and oxygen atoms in total. The van der Waals surface area contributed by atoms with Gasteiger partial charge in [-0.05, 0) is 26.0 Å². The van der Waals surface area contributed by atoms with Gasteiger partial charge in [0, 0.05) is 24.9 Å². The number of ether oxygens (including phenoxy) is 1. The molecule has 2 aromatic heterocycles. The zero-order chi connectivity index (χ0) is 15.4. The van der Waals surface area contributed by atoms with Gasteiger partial charge in [0.2, 0.25) is 0 Å². The number of hydrogen-bond acceptors (Lipinski definition) is 6. The van der Waals surface area contributed by atoms with Gasteiger partial charge in [-0.1, -0.05) is 11.3 Å². The van der Waals surface area contributed by atoms with E-state index in [4.69, 9.17) is 4.74 Å². The van der Waals surface area contributed by atoms with Crippen molar-refractivity contribution in [1.29, 1.82) is 0 Å². The Bertz CT molecular complexity index is 655. The molecule has 2 aromatic rings. The van der Waals surface area contributed by atoms with Crippen LogP contribution in [0.3, 0.4) is 0 Å². The van der Waals surface area contributed by atoms with Gasteiger partial charge in [-0.25, -0.2) is 4.98 Å². The largest absolute Gasteiger partial charge is 0.453 e. The molecule has 2 heterocycles. The quantitative estimate of drug-likeness (QED) is 0.877. The van der Waals surface area contributed by atoms with Crippen LogP contribution in [0.1, 0.15) is 19.5 Å². The van der Waals surface area contributed by atoms with Crippen LogP contribution in [-0.4, -0.2) is 27.9 Å². The lowest BCUT2D eigenvalue weighted by atomic mass is 10.3. The van der Waals surface area contributed by atoms with Crippen molar-refractivity contribution < 1.29 is 14.3 Å². The smallest absolute Gasteiger partial charge is 0.303 e. The zero-order valence-corrected chi connectivity index (χ0v) is 12.7. The van der Waals surface area contributed by atoms with E-state index in [1.807, 2.05) is 19.1 Å². The summed E-state index contributed by atoms with van der Waals surface area (Å²) in [4.78, 5) is 31.2. The molecule has 0 aromatic carbocycles. The van der Waals surface area contributed by atoms with Crippen molar-refractivity contribution in [2.45, 2.75) is 26.9 Å². The number of aryl methyl sites for hydroxylation is 1. The van der Waals surface area contributed by atoms with Crippen LogP contribution in [0.5, 0.6) is 0 Å². The second-order valence-electron chi connectivity index (χ2n) is 4.42. The number of esters is 1. The van der Waals surface area contributed by atoms with Crippen molar-refractivity contribution >= 4 is 28.2 Å². The molecule has 1 N–H and O–H groups in total. The Balaban J connectivity index is 2.13. The van der Waals surface area contributed by atoms with Crippen molar-refractivity contribution in [2.24, 2.45) is 0 Å². The molecular weight excluding hydrogens is 290 g/mol. The Kier molecular flexibility index (Phi) is 4.64. The van der Waals surface area contributed by atoms with E-state index in [-0.39, 0.29) is 5.91 Å². The number of hydrogen-bond donors (Lipinski definition) is 1. The van der Waals surface area contributed by atoms with Crippen LogP contribution in [0.4, 0.5) is 5.00 Å². The number of nitrogens with one attached hydrogen (secondary N) is 1. The number of carbonyl (C=O) groups is 2. The first kappa shape index (κ1) is 15.1. The number of anilines is 1. The second kappa shape index (κ2) is 6.45. The summed E-state index contributed by atoms with van der Waals surface area (Å²) < 4.78 is 4.84. The number of amides is 1. The molecule has 7 heteroatoms. The summed E-state index contributed by atoms with van der Waals surface area (Å²) in [6.07, 6.45) is 2.56. The SMILES string of the molecule is CC(=O)OC(C)C(=O)Nc1sc(-c2cccnc2)nc1C. The van der Waals surface area contributed by atoms with Crippen molar-refractivity contribution in [1.82, 2.24) is 9.97 Å². The van der Waals surface area contributed by atoms with Crippen molar-refractivity contribution in [3.63, 3.8) is 0 Å². The van der Waals surface area contributed by atoms with Gasteiger partial charge in [0.15, 0.2) is 6.10 Å². The molecule has 110 valence electrons. The van der Waals surface area contributed by atoms with Crippen LogP contribution in [0.15, 0.2) is 24.5 Å². The van der Waals surface area contributed by atoms with Crippen LogP contribution in [0.2, 0.25) is 0 Å². The Morgan fingerprint density at radius 1 is 1.43 bits per heavy atom. The normalized spacial score (nSPS) is 11.8. The van der Waals surface area contributed by atoms with E-state index >= 15 is 0 Å². The molecule has 1 unspecified atom stereocenters. The number of aromatic nitrogens is 2. The molecule has 0 saturated carbocycles. The number of rotatable bonds is 4. The highest BCUT2D eigenvalue weighted by atomic mass is 32.1. The number of nitrogens with zero attached hydrogens (tertiary/aromatic N) is 2. The van der Waals surface area contributed by atoms with E-state index in [0.717, 1.165) is 10.6 Å². The topological polar surface area (TPSA) is 81.2 Å². The van der Waals surface area contributed by atoms with Crippen molar-refractivity contribution in [3.05, 3.63) is 30.2 Å². The van der Waals surface area contributed by atoms with Crippen LogP contribution in [0.25, 0.3) is 10.6 Å². The lowest BCUT2D eigenvalue weighted by Crippen LogP contribution is -2.29. The molecule has 21 heavy (non-hydrogen) atoms. The number of thiazole rings is 1. The molecule has 0 radical (unpaired) electrons. The first-order valence-electron chi connectivity index (χ1n) is 6.33. The molecule has 0 bridgehead atoms. The molecule has 0 aliphatic rings. The minimum atomic E-state index is -0.842. The van der Waals surface area contributed by atoms with E-state index in [0.29, 0.717) is 10.7 Å². The standard InChI is InChI=1S/C14H15N3O3S/c1-8-13(17-12(19)9(2)20-10(3)18)21-14(16-8)11-5-4-6-15-7-11/h4-7,9H,1-3H3,(H,17,19). The maximum absolute atomic E-state index is 11.9. The highest BCUT2D eigenvalue weighted by Gasteiger charge is 2.18. The minimum Gasteiger partial charge on any atom is -0.453 e. The molecule has 0 spiro atoms. The minimum absolute atomic E-state index is 0.380. The first-order chi connectivity index (χ1) is 9.97. The molecule has 0 aliphatic carbocycles. The third-order valence-corrected chi connectivity index (χ3v) is 3.78. The molecular formula is C14H15N3O3S. The summed E-state index contributed by atoms with van der Waals surface area (Å²) in [5.41, 5.74) is 1.60. The maximum Gasteiger partial charge on any atom is 0.303 e. The highest BCUT2D eigenvalue weighted by molar-refractivity contribution is 7.19. The van der Waals surface area contributed by atoms with E-state index < -0.39 is 12.1 Å². The van der Waals surface area contributed by atoms with Gasteiger partial charge in [0.05, 0.1) is 5.69 Å². The van der Waals surface area contributed by atoms with Gasteiger partial charge in [0.1, 0.15) is 10.0 Å². The van der Waals surface area contributed by atoms with E-state index in [9.17, 15) is 9.59 Å². The van der Waals surface area contributed by atoms with Crippen molar-refractivity contribution in [3.8, 4) is 10.6 Å². The fraction of sp³-hybridized carbons (Fsp3) is 0.286. The predicted octanol–water partition coefficient (Wildman–Crippen LogP) is 2.40. The van der Waals surface area contributed by atoms with Crippen molar-refractivity contribution in [2.75, 3.05) is 5.32 Å². The molecule has 0 fully saturated rings. The summed E-state index contributed by atoms with van der Waals surface area (Å²) in [6.45, 7) is 4.60. The predicted molar refractivity (Wildman–Crippen MR) is 79.9 cm³/mol. The Morgan fingerprint density at radius 3 is 2.81 bits per heavy atom. The molecule has 0 aliphatic heterocycles. The Hall–Kier alpha value is -2.28. The zero-order valence-electron chi connectivity index (χ0n) is 11.9. The monoisotopic (exact) mass is 305 g/mol. The molecule has 1 amide bonds. The number of pyridine rings is 1. The third kappa shape index (κ3) is 3.85. The Morgan fingerprint density at radius 2 is 2.19 bits per heavy atom. The summed E-state index contributed by atoms with van der Waals surface area (Å²) >= 11 is 1.35. The summed E-state index contributed by atoms with van der Waals surface area (Å²) in [5.74, 6) is -0.871. The molecule has 1 atom stereocenters. The lowest BCUT2D eigenvalue weighted by molar-refractivity contribution is -0.150. The number of carbonyl (C=O) groups excluding carboxylic acids is 2. The van der Waals surface area contributed by atoms with Crippen LogP contribution >= 0.6 is 11.3 Å². The van der Waals surface area contributed by atoms with Crippen LogP contribution in [-0.2, 0) is 14.3 Å². The first-order valence-corrected chi connectivity index (χ1v) is 7.15. The fourth-order valence-corrected chi connectivity index (χ4v) is 2.60. The lowest BCUT2D eigenvalue weighted by Gasteiger charge is -2.11. The molecule has 2 rings (SSSR count). The summed E-state index contributed by atoms with van der Waals surface area (Å²) in [6, 6.07) is 3.73. The van der Waals surface area contributed by atoms with Crippen LogP contribution < -0.4 is 5.32 Å². The van der Waals surface area contributed by atoms with Gasteiger partial charge in [-0.2, -0.15) is 0 Å². The van der Waals surface area contributed by atoms with Gasteiger partial charge < -0.3 is 10.1 Å².